The Bertz CT molecular complexity index is 860. The molecule has 0 radical (unpaired) electrons. The highest BCUT2D eigenvalue weighted by atomic mass is 32.1. The molecule has 1 aliphatic carbocycles. The highest BCUT2D eigenvalue weighted by molar-refractivity contribution is 7.71. The zero-order valence-electron chi connectivity index (χ0n) is 12.2. The van der Waals surface area contributed by atoms with Crippen molar-refractivity contribution in [3.05, 3.63) is 52.6 Å². The Labute approximate surface area is 134 Å². The number of nitrogens with one attached hydrogen (secondary N) is 3. The van der Waals surface area contributed by atoms with Crippen LogP contribution in [0.1, 0.15) is 30.1 Å². The molecule has 3 N–H and O–H groups in total. The third-order valence-electron chi connectivity index (χ3n) is 4.11. The minimum absolute atomic E-state index is 0.581. The second-order valence-electron chi connectivity index (χ2n) is 5.83. The van der Waals surface area contributed by atoms with Crippen molar-refractivity contribution in [2.24, 2.45) is 0 Å². The Hall–Kier alpha value is -2.14. The first kappa shape index (κ1) is 13.5. The standard InChI is InChI=1S/C17H18N4S/c22-16-9-15(20-17(21-16)11-5-6-11)18-8-7-12-10-19-14-4-2-1-3-13(12)14/h1-4,9-11,19H,5-8H2,(H2,18,20,21,22). The lowest BCUT2D eigenvalue weighted by molar-refractivity contribution is 0.910. The van der Waals surface area contributed by atoms with Gasteiger partial charge in [0.2, 0.25) is 0 Å². The van der Waals surface area contributed by atoms with E-state index in [-0.39, 0.29) is 0 Å². The maximum atomic E-state index is 5.25. The smallest absolute Gasteiger partial charge is 0.131 e. The molecule has 5 heteroatoms. The number of fused-ring (bicyclic) bond motifs is 1. The third-order valence-corrected chi connectivity index (χ3v) is 4.32. The van der Waals surface area contributed by atoms with Gasteiger partial charge in [-0.3, -0.25) is 0 Å². The van der Waals surface area contributed by atoms with E-state index in [1.807, 2.05) is 6.07 Å². The molecule has 0 saturated heterocycles. The van der Waals surface area contributed by atoms with Crippen LogP contribution < -0.4 is 5.32 Å². The number of nitrogens with zero attached hydrogens (tertiary/aromatic N) is 1. The van der Waals surface area contributed by atoms with Crippen LogP contribution in [-0.2, 0) is 6.42 Å². The van der Waals surface area contributed by atoms with Crippen molar-refractivity contribution in [3.63, 3.8) is 0 Å². The summed E-state index contributed by atoms with van der Waals surface area (Å²) in [5, 5.41) is 4.73. The summed E-state index contributed by atoms with van der Waals surface area (Å²) < 4.78 is 0.662. The van der Waals surface area contributed by atoms with Gasteiger partial charge >= 0.3 is 0 Å². The number of aromatic nitrogens is 3. The number of H-pyrrole nitrogens is 2. The summed E-state index contributed by atoms with van der Waals surface area (Å²) in [7, 11) is 0. The number of rotatable bonds is 5. The third kappa shape index (κ3) is 2.76. The monoisotopic (exact) mass is 310 g/mol. The summed E-state index contributed by atoms with van der Waals surface area (Å²) in [6.45, 7) is 0.862. The zero-order valence-corrected chi connectivity index (χ0v) is 13.0. The van der Waals surface area contributed by atoms with Crippen molar-refractivity contribution < 1.29 is 0 Å². The average Bonchev–Trinajstić information content (AvgIpc) is 3.29. The fourth-order valence-corrected chi connectivity index (χ4v) is 3.01. The summed E-state index contributed by atoms with van der Waals surface area (Å²) in [4.78, 5) is 11.1. The maximum absolute atomic E-state index is 5.25. The number of benzene rings is 1. The van der Waals surface area contributed by atoms with Gasteiger partial charge in [0.25, 0.3) is 0 Å². The second-order valence-corrected chi connectivity index (χ2v) is 6.25. The molecule has 1 fully saturated rings. The van der Waals surface area contributed by atoms with E-state index in [1.165, 1.54) is 29.3 Å². The lowest BCUT2D eigenvalue weighted by Crippen LogP contribution is -2.07. The number of anilines is 1. The topological polar surface area (TPSA) is 56.5 Å². The van der Waals surface area contributed by atoms with Crippen molar-refractivity contribution in [2.75, 3.05) is 11.9 Å². The van der Waals surface area contributed by atoms with Crippen LogP contribution in [0, 0.1) is 4.64 Å². The molecular formula is C17H18N4S. The van der Waals surface area contributed by atoms with Crippen LogP contribution in [0.5, 0.6) is 0 Å². The highest BCUT2D eigenvalue weighted by Crippen LogP contribution is 2.38. The quantitative estimate of drug-likeness (QED) is 0.620. The molecule has 0 aliphatic heterocycles. The normalized spacial score (nSPS) is 14.4. The fraction of sp³-hybridized carbons (Fsp3) is 0.294. The largest absolute Gasteiger partial charge is 0.371 e. The van der Waals surface area contributed by atoms with Gasteiger partial charge in [0.05, 0.1) is 0 Å². The summed E-state index contributed by atoms with van der Waals surface area (Å²) in [5.41, 5.74) is 2.52. The van der Waals surface area contributed by atoms with Gasteiger partial charge in [0, 0.05) is 35.6 Å². The van der Waals surface area contributed by atoms with Crippen LogP contribution >= 0.6 is 12.2 Å². The van der Waals surface area contributed by atoms with E-state index in [9.17, 15) is 0 Å². The molecule has 4 nitrogen and oxygen atoms in total. The van der Waals surface area contributed by atoms with Crippen LogP contribution in [0.15, 0.2) is 36.5 Å². The molecule has 0 spiro atoms. The van der Waals surface area contributed by atoms with Gasteiger partial charge in [-0.1, -0.05) is 30.4 Å². The molecular weight excluding hydrogens is 292 g/mol. The van der Waals surface area contributed by atoms with Gasteiger partial charge in [-0.2, -0.15) is 0 Å². The van der Waals surface area contributed by atoms with E-state index < -0.39 is 0 Å². The van der Waals surface area contributed by atoms with Crippen molar-refractivity contribution in [3.8, 4) is 0 Å². The summed E-state index contributed by atoms with van der Waals surface area (Å²) in [5.74, 6) is 2.58. The Balaban J connectivity index is 1.45. The Kier molecular flexibility index (Phi) is 3.42. The van der Waals surface area contributed by atoms with Gasteiger partial charge in [-0.15, -0.1) is 0 Å². The maximum Gasteiger partial charge on any atom is 0.131 e. The minimum Gasteiger partial charge on any atom is -0.371 e. The van der Waals surface area contributed by atoms with E-state index in [2.05, 4.69) is 50.7 Å². The number of para-hydroxylation sites is 1. The Morgan fingerprint density at radius 2 is 2.14 bits per heavy atom. The van der Waals surface area contributed by atoms with Crippen LogP contribution in [0.2, 0.25) is 0 Å². The van der Waals surface area contributed by atoms with E-state index >= 15 is 0 Å². The van der Waals surface area contributed by atoms with Crippen molar-refractivity contribution >= 4 is 28.9 Å². The second kappa shape index (κ2) is 5.57. The Morgan fingerprint density at radius 3 is 3.00 bits per heavy atom. The van der Waals surface area contributed by atoms with E-state index in [1.54, 1.807) is 0 Å². The number of aromatic amines is 2. The fourth-order valence-electron chi connectivity index (χ4n) is 2.79. The van der Waals surface area contributed by atoms with Crippen LogP contribution in [0.3, 0.4) is 0 Å². The highest BCUT2D eigenvalue weighted by Gasteiger charge is 2.26. The molecule has 2 aromatic heterocycles. The molecule has 0 atom stereocenters. The van der Waals surface area contributed by atoms with E-state index in [0.29, 0.717) is 10.6 Å². The predicted octanol–water partition coefficient (Wildman–Crippen LogP) is 4.15. The van der Waals surface area contributed by atoms with Gasteiger partial charge in [-0.25, -0.2) is 4.98 Å². The molecule has 1 aromatic carbocycles. The summed E-state index contributed by atoms with van der Waals surface area (Å²) in [6, 6.07) is 10.3. The molecule has 4 rings (SSSR count). The van der Waals surface area contributed by atoms with Gasteiger partial charge < -0.3 is 15.3 Å². The lowest BCUT2D eigenvalue weighted by Gasteiger charge is -2.08. The van der Waals surface area contributed by atoms with Crippen molar-refractivity contribution in [2.45, 2.75) is 25.2 Å². The molecule has 0 amide bonds. The van der Waals surface area contributed by atoms with Crippen LogP contribution in [-0.4, -0.2) is 21.5 Å². The zero-order chi connectivity index (χ0) is 14.9. The van der Waals surface area contributed by atoms with Crippen LogP contribution in [0.25, 0.3) is 10.9 Å². The summed E-state index contributed by atoms with van der Waals surface area (Å²) in [6.07, 6.45) is 5.50. The average molecular weight is 310 g/mol. The number of hydrogen-bond donors (Lipinski definition) is 3. The molecule has 0 bridgehead atoms. The predicted molar refractivity (Wildman–Crippen MR) is 91.9 cm³/mol. The van der Waals surface area contributed by atoms with Crippen molar-refractivity contribution in [1.82, 2.24) is 15.0 Å². The van der Waals surface area contributed by atoms with E-state index in [4.69, 9.17) is 12.2 Å². The molecule has 0 unspecified atom stereocenters. The molecule has 112 valence electrons. The van der Waals surface area contributed by atoms with Gasteiger partial charge in [0.15, 0.2) is 0 Å². The first-order chi connectivity index (χ1) is 10.8. The van der Waals surface area contributed by atoms with Crippen molar-refractivity contribution in [1.29, 1.82) is 0 Å². The first-order valence-corrected chi connectivity index (χ1v) is 8.10. The first-order valence-electron chi connectivity index (χ1n) is 7.70. The van der Waals surface area contributed by atoms with E-state index in [0.717, 1.165) is 24.6 Å². The minimum atomic E-state index is 0.581. The van der Waals surface area contributed by atoms with Gasteiger partial charge in [-0.05, 0) is 30.9 Å². The summed E-state index contributed by atoms with van der Waals surface area (Å²) >= 11 is 5.25. The molecule has 3 aromatic rings. The molecule has 2 heterocycles. The SMILES string of the molecule is S=c1cc(NCCc2c[nH]c3ccccc23)[nH]c(C2CC2)n1. The number of hydrogen-bond acceptors (Lipinski definition) is 3. The molecule has 1 aliphatic rings. The van der Waals surface area contributed by atoms with Crippen LogP contribution in [0.4, 0.5) is 5.82 Å². The molecule has 1 saturated carbocycles. The Morgan fingerprint density at radius 1 is 1.27 bits per heavy atom. The lowest BCUT2D eigenvalue weighted by atomic mass is 10.1. The van der Waals surface area contributed by atoms with Gasteiger partial charge in [0.1, 0.15) is 16.3 Å². The molecule has 22 heavy (non-hydrogen) atoms.